The van der Waals surface area contributed by atoms with E-state index in [0.717, 1.165) is 16.1 Å². The molecule has 1 heterocycles. The minimum atomic E-state index is 0.0127. The van der Waals surface area contributed by atoms with Gasteiger partial charge in [0.1, 0.15) is 0 Å². The van der Waals surface area contributed by atoms with Crippen molar-refractivity contribution >= 4 is 22.9 Å². The highest BCUT2D eigenvalue weighted by Crippen LogP contribution is 2.30. The summed E-state index contributed by atoms with van der Waals surface area (Å²) in [5.41, 5.74) is 5.03. The van der Waals surface area contributed by atoms with Gasteiger partial charge in [-0.25, -0.2) is 5.43 Å². The van der Waals surface area contributed by atoms with Crippen molar-refractivity contribution in [3.05, 3.63) is 56.7 Å². The van der Waals surface area contributed by atoms with E-state index in [1.165, 1.54) is 4.88 Å². The van der Waals surface area contributed by atoms with Crippen molar-refractivity contribution in [2.75, 3.05) is 0 Å². The molecule has 0 aliphatic carbocycles. The van der Waals surface area contributed by atoms with E-state index in [-0.39, 0.29) is 6.04 Å². The first-order valence-corrected chi connectivity index (χ1v) is 6.24. The van der Waals surface area contributed by atoms with Crippen LogP contribution >= 0.6 is 22.9 Å². The van der Waals surface area contributed by atoms with Gasteiger partial charge in [-0.05, 0) is 35.6 Å². The van der Waals surface area contributed by atoms with Crippen LogP contribution in [0.15, 0.2) is 35.7 Å². The number of nitrogens with one attached hydrogen (secondary N) is 1. The summed E-state index contributed by atoms with van der Waals surface area (Å²) >= 11 is 7.79. The molecule has 2 aromatic rings. The largest absolute Gasteiger partial charge is 0.271 e. The second-order valence-corrected chi connectivity index (χ2v) is 4.96. The van der Waals surface area contributed by atoms with E-state index < -0.39 is 0 Å². The number of benzene rings is 1. The first-order valence-electron chi connectivity index (χ1n) is 4.98. The molecule has 0 spiro atoms. The average Bonchev–Trinajstić information content (AvgIpc) is 2.79. The SMILES string of the molecule is Cc1c(Cl)cccc1C(NN)c1cccs1. The third-order valence-corrected chi connectivity index (χ3v) is 3.96. The first-order chi connectivity index (χ1) is 7.74. The number of nitrogens with two attached hydrogens (primary N) is 1. The summed E-state index contributed by atoms with van der Waals surface area (Å²) in [6, 6.07) is 9.98. The predicted molar refractivity (Wildman–Crippen MR) is 69.7 cm³/mol. The van der Waals surface area contributed by atoms with Crippen molar-refractivity contribution in [3.8, 4) is 0 Å². The molecule has 0 aliphatic rings. The van der Waals surface area contributed by atoms with Crippen molar-refractivity contribution in [2.24, 2.45) is 5.84 Å². The molecule has 3 N–H and O–H groups in total. The fourth-order valence-corrected chi connectivity index (χ4v) is 2.70. The molecule has 1 aromatic carbocycles. The number of halogens is 1. The van der Waals surface area contributed by atoms with E-state index >= 15 is 0 Å². The minimum absolute atomic E-state index is 0.0127. The van der Waals surface area contributed by atoms with Gasteiger partial charge in [-0.2, -0.15) is 0 Å². The van der Waals surface area contributed by atoms with Crippen LogP contribution in [0.2, 0.25) is 5.02 Å². The maximum atomic E-state index is 6.11. The Morgan fingerprint density at radius 1 is 1.31 bits per heavy atom. The average molecular weight is 253 g/mol. The number of hydrazine groups is 1. The van der Waals surface area contributed by atoms with Gasteiger partial charge in [0.05, 0.1) is 6.04 Å². The summed E-state index contributed by atoms with van der Waals surface area (Å²) in [5, 5.41) is 2.81. The number of rotatable bonds is 3. The van der Waals surface area contributed by atoms with Crippen LogP contribution in [-0.2, 0) is 0 Å². The highest BCUT2D eigenvalue weighted by Gasteiger charge is 2.16. The van der Waals surface area contributed by atoms with Gasteiger partial charge in [-0.3, -0.25) is 5.84 Å². The Bertz CT molecular complexity index is 468. The molecule has 0 amide bonds. The van der Waals surface area contributed by atoms with Gasteiger partial charge in [0.15, 0.2) is 0 Å². The van der Waals surface area contributed by atoms with Crippen LogP contribution in [0.5, 0.6) is 0 Å². The number of hydrogen-bond donors (Lipinski definition) is 2. The molecule has 4 heteroatoms. The Morgan fingerprint density at radius 2 is 2.12 bits per heavy atom. The van der Waals surface area contributed by atoms with Crippen molar-refractivity contribution in [3.63, 3.8) is 0 Å². The van der Waals surface area contributed by atoms with E-state index in [2.05, 4.69) is 11.5 Å². The molecule has 1 atom stereocenters. The van der Waals surface area contributed by atoms with Gasteiger partial charge in [0, 0.05) is 9.90 Å². The van der Waals surface area contributed by atoms with Gasteiger partial charge in [-0.15, -0.1) is 11.3 Å². The summed E-state index contributed by atoms with van der Waals surface area (Å²) in [6.45, 7) is 2.01. The fourth-order valence-electron chi connectivity index (χ4n) is 1.72. The molecular weight excluding hydrogens is 240 g/mol. The third-order valence-electron chi connectivity index (χ3n) is 2.61. The molecule has 0 fully saturated rings. The van der Waals surface area contributed by atoms with E-state index in [0.29, 0.717) is 0 Å². The van der Waals surface area contributed by atoms with Gasteiger partial charge in [0.2, 0.25) is 0 Å². The zero-order chi connectivity index (χ0) is 11.5. The van der Waals surface area contributed by atoms with Gasteiger partial charge in [-0.1, -0.05) is 29.8 Å². The maximum absolute atomic E-state index is 6.11. The van der Waals surface area contributed by atoms with Crippen molar-refractivity contribution < 1.29 is 0 Å². The number of hydrogen-bond acceptors (Lipinski definition) is 3. The Kier molecular flexibility index (Phi) is 3.61. The van der Waals surface area contributed by atoms with Crippen LogP contribution in [0.4, 0.5) is 0 Å². The summed E-state index contributed by atoms with van der Waals surface area (Å²) in [4.78, 5) is 1.19. The Morgan fingerprint density at radius 3 is 2.75 bits per heavy atom. The van der Waals surface area contributed by atoms with Crippen LogP contribution in [0.25, 0.3) is 0 Å². The maximum Gasteiger partial charge on any atom is 0.0805 e. The Labute approximate surface area is 104 Å². The normalized spacial score (nSPS) is 12.7. The summed E-state index contributed by atoms with van der Waals surface area (Å²) in [6.07, 6.45) is 0. The predicted octanol–water partition coefficient (Wildman–Crippen LogP) is 3.26. The monoisotopic (exact) mass is 252 g/mol. The van der Waals surface area contributed by atoms with Crippen molar-refractivity contribution in [1.29, 1.82) is 0 Å². The van der Waals surface area contributed by atoms with Gasteiger partial charge < -0.3 is 0 Å². The second kappa shape index (κ2) is 4.97. The molecule has 1 aromatic heterocycles. The van der Waals surface area contributed by atoms with E-state index in [4.69, 9.17) is 17.4 Å². The van der Waals surface area contributed by atoms with Crippen LogP contribution < -0.4 is 11.3 Å². The smallest absolute Gasteiger partial charge is 0.0805 e. The quantitative estimate of drug-likeness (QED) is 0.650. The molecule has 2 nitrogen and oxygen atoms in total. The minimum Gasteiger partial charge on any atom is -0.271 e. The van der Waals surface area contributed by atoms with Crippen LogP contribution in [0.3, 0.4) is 0 Å². The van der Waals surface area contributed by atoms with Crippen molar-refractivity contribution in [1.82, 2.24) is 5.43 Å². The lowest BCUT2D eigenvalue weighted by Crippen LogP contribution is -2.28. The standard InChI is InChI=1S/C12H13ClN2S/c1-8-9(4-2-5-10(8)13)12(15-14)11-6-3-7-16-11/h2-7,12,15H,14H2,1H3. The molecule has 0 bridgehead atoms. The lowest BCUT2D eigenvalue weighted by Gasteiger charge is -2.17. The fraction of sp³-hybridized carbons (Fsp3) is 0.167. The molecule has 0 saturated carbocycles. The van der Waals surface area contributed by atoms with Gasteiger partial charge >= 0.3 is 0 Å². The molecular formula is C12H13ClN2S. The zero-order valence-electron chi connectivity index (χ0n) is 8.91. The van der Waals surface area contributed by atoms with Crippen LogP contribution in [0.1, 0.15) is 22.0 Å². The van der Waals surface area contributed by atoms with E-state index in [1.807, 2.05) is 36.6 Å². The Hall–Kier alpha value is -0.870. The highest BCUT2D eigenvalue weighted by atomic mass is 35.5. The molecule has 1 unspecified atom stereocenters. The summed E-state index contributed by atoms with van der Waals surface area (Å²) in [5.74, 6) is 5.63. The van der Waals surface area contributed by atoms with Crippen LogP contribution in [-0.4, -0.2) is 0 Å². The number of thiophene rings is 1. The lowest BCUT2D eigenvalue weighted by molar-refractivity contribution is 0.643. The molecule has 16 heavy (non-hydrogen) atoms. The van der Waals surface area contributed by atoms with Gasteiger partial charge in [0.25, 0.3) is 0 Å². The van der Waals surface area contributed by atoms with E-state index in [1.54, 1.807) is 11.3 Å². The molecule has 0 aliphatic heterocycles. The molecule has 84 valence electrons. The summed E-state index contributed by atoms with van der Waals surface area (Å²) < 4.78 is 0. The topological polar surface area (TPSA) is 38.0 Å². The molecule has 0 saturated heterocycles. The zero-order valence-corrected chi connectivity index (χ0v) is 10.5. The van der Waals surface area contributed by atoms with Crippen LogP contribution in [0, 0.1) is 6.92 Å². The molecule has 0 radical (unpaired) electrons. The third kappa shape index (κ3) is 2.13. The summed E-state index contributed by atoms with van der Waals surface area (Å²) in [7, 11) is 0. The second-order valence-electron chi connectivity index (χ2n) is 3.57. The Balaban J connectivity index is 2.45. The first kappa shape index (κ1) is 11.6. The lowest BCUT2D eigenvalue weighted by atomic mass is 10.0. The molecule has 2 rings (SSSR count). The highest BCUT2D eigenvalue weighted by molar-refractivity contribution is 7.10. The van der Waals surface area contributed by atoms with E-state index in [9.17, 15) is 0 Å². The van der Waals surface area contributed by atoms with Crippen molar-refractivity contribution in [2.45, 2.75) is 13.0 Å².